The number of benzene rings is 2. The Bertz CT molecular complexity index is 1070. The van der Waals surface area contributed by atoms with E-state index in [1.165, 1.54) is 4.68 Å². The second kappa shape index (κ2) is 7.09. The minimum atomic E-state index is -0.749. The molecule has 3 aromatic rings. The van der Waals surface area contributed by atoms with Crippen molar-refractivity contribution in [3.05, 3.63) is 58.6 Å². The van der Waals surface area contributed by atoms with Crippen LogP contribution in [-0.4, -0.2) is 26.6 Å². The summed E-state index contributed by atoms with van der Waals surface area (Å²) >= 11 is 5.99. The van der Waals surface area contributed by atoms with Gasteiger partial charge in [-0.05, 0) is 31.5 Å². The van der Waals surface area contributed by atoms with E-state index in [-0.39, 0.29) is 18.2 Å². The molecule has 0 bridgehead atoms. The van der Waals surface area contributed by atoms with Crippen LogP contribution in [0.3, 0.4) is 0 Å². The molecule has 28 heavy (non-hydrogen) atoms. The standard InChI is InChI=1S/C20H18ClN5O2/c1-11-3-6-13(7-4-11)18-23-20-24-19(28)16(26(20)25-18)10-17(27)22-15-9-14(21)8-5-12(15)2/h3-9,16H,10H2,1-2H3,(H,22,27)(H,23,24,25,28). The van der Waals surface area contributed by atoms with Gasteiger partial charge in [0.2, 0.25) is 11.9 Å². The molecule has 0 fully saturated rings. The number of hydrogen-bond acceptors (Lipinski definition) is 4. The number of nitrogens with zero attached hydrogens (tertiary/aromatic N) is 3. The van der Waals surface area contributed by atoms with E-state index < -0.39 is 6.04 Å². The molecule has 2 heterocycles. The maximum absolute atomic E-state index is 12.5. The Morgan fingerprint density at radius 1 is 1.21 bits per heavy atom. The van der Waals surface area contributed by atoms with E-state index in [2.05, 4.69) is 20.7 Å². The van der Waals surface area contributed by atoms with Crippen LogP contribution in [0.1, 0.15) is 23.6 Å². The summed E-state index contributed by atoms with van der Waals surface area (Å²) in [6, 6.07) is 12.3. The lowest BCUT2D eigenvalue weighted by Crippen LogP contribution is -2.24. The molecule has 4 rings (SSSR count). The number of aryl methyl sites for hydroxylation is 2. The minimum absolute atomic E-state index is 0.0541. The monoisotopic (exact) mass is 395 g/mol. The Labute approximate surface area is 166 Å². The van der Waals surface area contributed by atoms with Gasteiger partial charge >= 0.3 is 0 Å². The zero-order valence-electron chi connectivity index (χ0n) is 15.4. The third-order valence-corrected chi connectivity index (χ3v) is 4.86. The van der Waals surface area contributed by atoms with Crippen LogP contribution >= 0.6 is 11.6 Å². The van der Waals surface area contributed by atoms with E-state index in [0.717, 1.165) is 16.7 Å². The third kappa shape index (κ3) is 3.48. The summed E-state index contributed by atoms with van der Waals surface area (Å²) in [7, 11) is 0. The first-order valence-corrected chi connectivity index (χ1v) is 9.19. The van der Waals surface area contributed by atoms with Crippen molar-refractivity contribution < 1.29 is 9.59 Å². The summed E-state index contributed by atoms with van der Waals surface area (Å²) in [5.41, 5.74) is 3.49. The summed E-state index contributed by atoms with van der Waals surface area (Å²) in [5, 5.41) is 10.5. The normalized spacial score (nSPS) is 15.2. The van der Waals surface area contributed by atoms with Gasteiger partial charge in [0, 0.05) is 16.3 Å². The molecule has 2 N–H and O–H groups in total. The van der Waals surface area contributed by atoms with Crippen molar-refractivity contribution in [2.75, 3.05) is 10.6 Å². The first-order chi connectivity index (χ1) is 13.4. The molecule has 0 saturated heterocycles. The Morgan fingerprint density at radius 3 is 2.71 bits per heavy atom. The fourth-order valence-electron chi connectivity index (χ4n) is 3.04. The van der Waals surface area contributed by atoms with E-state index >= 15 is 0 Å². The molecule has 1 unspecified atom stereocenters. The molecular formula is C20H18ClN5O2. The van der Waals surface area contributed by atoms with Crippen LogP contribution in [0.2, 0.25) is 5.02 Å². The van der Waals surface area contributed by atoms with Gasteiger partial charge in [-0.1, -0.05) is 47.5 Å². The molecule has 7 nitrogen and oxygen atoms in total. The molecule has 2 aromatic carbocycles. The number of nitrogens with one attached hydrogen (secondary N) is 2. The SMILES string of the molecule is Cc1ccc(-c2nc3n(n2)C(CC(=O)Nc2cc(Cl)ccc2C)C(=O)N3)cc1. The first-order valence-electron chi connectivity index (χ1n) is 8.81. The number of carbonyl (C=O) groups excluding carboxylic acids is 2. The van der Waals surface area contributed by atoms with Crippen molar-refractivity contribution in [2.45, 2.75) is 26.3 Å². The Morgan fingerprint density at radius 2 is 1.96 bits per heavy atom. The largest absolute Gasteiger partial charge is 0.326 e. The minimum Gasteiger partial charge on any atom is -0.326 e. The summed E-state index contributed by atoms with van der Waals surface area (Å²) < 4.78 is 1.47. The number of rotatable bonds is 4. The van der Waals surface area contributed by atoms with Gasteiger partial charge in [0.15, 0.2) is 5.82 Å². The molecule has 1 aliphatic rings. The number of aromatic nitrogens is 3. The fourth-order valence-corrected chi connectivity index (χ4v) is 3.21. The Hall–Kier alpha value is -3.19. The molecule has 0 aliphatic carbocycles. The Kier molecular flexibility index (Phi) is 4.60. The number of fused-ring (bicyclic) bond motifs is 1. The fraction of sp³-hybridized carbons (Fsp3) is 0.200. The Balaban J connectivity index is 1.53. The molecule has 0 radical (unpaired) electrons. The maximum Gasteiger partial charge on any atom is 0.252 e. The van der Waals surface area contributed by atoms with E-state index in [4.69, 9.17) is 11.6 Å². The van der Waals surface area contributed by atoms with Gasteiger partial charge in [-0.2, -0.15) is 4.98 Å². The van der Waals surface area contributed by atoms with Crippen LogP contribution < -0.4 is 10.6 Å². The molecule has 1 aliphatic heterocycles. The third-order valence-electron chi connectivity index (χ3n) is 4.63. The topological polar surface area (TPSA) is 88.9 Å². The number of amides is 2. The van der Waals surface area contributed by atoms with Gasteiger partial charge in [0.25, 0.3) is 5.91 Å². The average molecular weight is 396 g/mol. The van der Waals surface area contributed by atoms with Crippen LogP contribution in [0.4, 0.5) is 11.6 Å². The van der Waals surface area contributed by atoms with Crippen molar-refractivity contribution in [3.63, 3.8) is 0 Å². The number of halogens is 1. The van der Waals surface area contributed by atoms with Gasteiger partial charge in [0.05, 0.1) is 6.42 Å². The van der Waals surface area contributed by atoms with Gasteiger partial charge in [-0.3, -0.25) is 14.9 Å². The number of anilines is 2. The predicted octanol–water partition coefficient (Wildman–Crippen LogP) is 3.74. The highest BCUT2D eigenvalue weighted by Gasteiger charge is 2.35. The van der Waals surface area contributed by atoms with Crippen molar-refractivity contribution in [1.29, 1.82) is 0 Å². The molecule has 2 amide bonds. The van der Waals surface area contributed by atoms with Crippen LogP contribution in [0, 0.1) is 13.8 Å². The lowest BCUT2D eigenvalue weighted by molar-refractivity contribution is -0.123. The molecule has 142 valence electrons. The summed E-state index contributed by atoms with van der Waals surface area (Å²) in [6.07, 6.45) is -0.0541. The summed E-state index contributed by atoms with van der Waals surface area (Å²) in [5.74, 6) is 0.248. The lowest BCUT2D eigenvalue weighted by Gasteiger charge is -2.11. The highest BCUT2D eigenvalue weighted by Crippen LogP contribution is 2.29. The highest BCUT2D eigenvalue weighted by atomic mass is 35.5. The zero-order chi connectivity index (χ0) is 19.8. The molecule has 0 saturated carbocycles. The zero-order valence-corrected chi connectivity index (χ0v) is 16.1. The van der Waals surface area contributed by atoms with Crippen LogP contribution in [0.5, 0.6) is 0 Å². The van der Waals surface area contributed by atoms with Gasteiger partial charge in [-0.15, -0.1) is 5.10 Å². The second-order valence-corrected chi connectivity index (χ2v) is 7.22. The van der Waals surface area contributed by atoms with Crippen molar-refractivity contribution in [2.24, 2.45) is 0 Å². The molecule has 1 atom stereocenters. The van der Waals surface area contributed by atoms with E-state index in [0.29, 0.717) is 22.5 Å². The quantitative estimate of drug-likeness (QED) is 0.704. The molecule has 8 heteroatoms. The van der Waals surface area contributed by atoms with E-state index in [1.54, 1.807) is 12.1 Å². The molecule has 1 aromatic heterocycles. The van der Waals surface area contributed by atoms with E-state index in [9.17, 15) is 9.59 Å². The molecular weight excluding hydrogens is 378 g/mol. The van der Waals surface area contributed by atoms with Crippen molar-refractivity contribution in [3.8, 4) is 11.4 Å². The van der Waals surface area contributed by atoms with Crippen LogP contribution in [0.25, 0.3) is 11.4 Å². The average Bonchev–Trinajstić information content (AvgIpc) is 3.18. The molecule has 0 spiro atoms. The van der Waals surface area contributed by atoms with Gasteiger partial charge in [0.1, 0.15) is 6.04 Å². The lowest BCUT2D eigenvalue weighted by atomic mass is 10.1. The van der Waals surface area contributed by atoms with Gasteiger partial charge in [-0.25, -0.2) is 4.68 Å². The van der Waals surface area contributed by atoms with Crippen molar-refractivity contribution >= 4 is 35.1 Å². The maximum atomic E-state index is 12.5. The predicted molar refractivity (Wildman–Crippen MR) is 107 cm³/mol. The van der Waals surface area contributed by atoms with Crippen LogP contribution in [-0.2, 0) is 9.59 Å². The first kappa shape index (κ1) is 18.2. The number of carbonyl (C=O) groups is 2. The van der Waals surface area contributed by atoms with Crippen molar-refractivity contribution in [1.82, 2.24) is 14.8 Å². The second-order valence-electron chi connectivity index (χ2n) is 6.79. The van der Waals surface area contributed by atoms with Gasteiger partial charge < -0.3 is 5.32 Å². The number of hydrogen-bond donors (Lipinski definition) is 2. The smallest absolute Gasteiger partial charge is 0.252 e. The van der Waals surface area contributed by atoms with Crippen LogP contribution in [0.15, 0.2) is 42.5 Å². The van der Waals surface area contributed by atoms with E-state index in [1.807, 2.05) is 44.2 Å². The summed E-state index contributed by atoms with van der Waals surface area (Å²) in [4.78, 5) is 29.2. The summed E-state index contributed by atoms with van der Waals surface area (Å²) in [6.45, 7) is 3.87. The highest BCUT2D eigenvalue weighted by molar-refractivity contribution is 6.31.